The molecule has 0 aliphatic carbocycles. The summed E-state index contributed by atoms with van der Waals surface area (Å²) in [5, 5.41) is 7.64. The van der Waals surface area contributed by atoms with Crippen LogP contribution in [0.1, 0.15) is 55.5 Å². The van der Waals surface area contributed by atoms with E-state index in [1.165, 1.54) is 11.3 Å². The van der Waals surface area contributed by atoms with Gasteiger partial charge in [0.1, 0.15) is 0 Å². The number of benzene rings is 1. The van der Waals surface area contributed by atoms with E-state index in [4.69, 9.17) is 0 Å². The van der Waals surface area contributed by atoms with E-state index in [-0.39, 0.29) is 18.4 Å². The van der Waals surface area contributed by atoms with Gasteiger partial charge in [-0.1, -0.05) is 52.0 Å². The van der Waals surface area contributed by atoms with Gasteiger partial charge in [-0.3, -0.25) is 9.59 Å². The number of hydrogen-bond acceptors (Lipinski definition) is 3. The normalized spacial score (nSPS) is 11.0. The summed E-state index contributed by atoms with van der Waals surface area (Å²) in [6.07, 6.45) is 0.310. The monoisotopic (exact) mass is 358 g/mol. The molecule has 0 aliphatic rings. The number of hydrogen-bond donors (Lipinski definition) is 2. The topological polar surface area (TPSA) is 58.2 Å². The Morgan fingerprint density at radius 2 is 1.60 bits per heavy atom. The molecule has 0 saturated carbocycles. The maximum absolute atomic E-state index is 12.3. The lowest BCUT2D eigenvalue weighted by molar-refractivity contribution is -0.123. The summed E-state index contributed by atoms with van der Waals surface area (Å²) >= 11 is 1.54. The highest BCUT2D eigenvalue weighted by atomic mass is 32.1. The van der Waals surface area contributed by atoms with Gasteiger partial charge in [-0.05, 0) is 34.4 Å². The second-order valence-electron chi connectivity index (χ2n) is 6.70. The van der Waals surface area contributed by atoms with E-state index < -0.39 is 0 Å². The van der Waals surface area contributed by atoms with Crippen LogP contribution in [-0.4, -0.2) is 18.4 Å². The minimum absolute atomic E-state index is 0.0197. The summed E-state index contributed by atoms with van der Waals surface area (Å²) in [5.41, 5.74) is 3.11. The van der Waals surface area contributed by atoms with Crippen molar-refractivity contribution in [2.24, 2.45) is 0 Å². The average molecular weight is 359 g/mol. The molecule has 0 atom stereocenters. The molecule has 0 bridgehead atoms. The molecule has 2 N–H and O–H groups in total. The summed E-state index contributed by atoms with van der Waals surface area (Å²) in [5.74, 6) is 0.276. The Balaban J connectivity index is 2.01. The van der Waals surface area contributed by atoms with Crippen LogP contribution in [0, 0.1) is 0 Å². The molecule has 0 unspecified atom stereocenters. The van der Waals surface area contributed by atoms with Crippen LogP contribution >= 0.6 is 11.3 Å². The zero-order valence-electron chi connectivity index (χ0n) is 15.3. The van der Waals surface area contributed by atoms with E-state index in [2.05, 4.69) is 38.3 Å². The van der Waals surface area contributed by atoms with Crippen molar-refractivity contribution in [3.05, 3.63) is 51.7 Å². The van der Waals surface area contributed by atoms with Crippen molar-refractivity contribution in [1.82, 2.24) is 5.32 Å². The Hall–Kier alpha value is -2.14. The summed E-state index contributed by atoms with van der Waals surface area (Å²) in [7, 11) is 0. The van der Waals surface area contributed by atoms with Gasteiger partial charge in [0.05, 0.1) is 13.0 Å². The molecule has 1 heterocycles. The van der Waals surface area contributed by atoms with Crippen LogP contribution in [0.5, 0.6) is 0 Å². The molecule has 134 valence electrons. The number of nitrogens with one attached hydrogen (secondary N) is 2. The Morgan fingerprint density at radius 1 is 0.960 bits per heavy atom. The SMILES string of the molecule is CC(C)c1cccc(C(C)C)c1NC(=O)CNC(=O)Cc1cccs1. The van der Waals surface area contributed by atoms with E-state index in [0.29, 0.717) is 18.3 Å². The lowest BCUT2D eigenvalue weighted by atomic mass is 9.92. The quantitative estimate of drug-likeness (QED) is 0.775. The molecule has 1 aromatic heterocycles. The van der Waals surface area contributed by atoms with Crippen LogP contribution in [0.25, 0.3) is 0 Å². The number of amides is 2. The lowest BCUT2D eigenvalue weighted by Crippen LogP contribution is -2.34. The van der Waals surface area contributed by atoms with Gasteiger partial charge >= 0.3 is 0 Å². The highest BCUT2D eigenvalue weighted by Gasteiger charge is 2.16. The van der Waals surface area contributed by atoms with E-state index in [1.807, 2.05) is 35.7 Å². The summed E-state index contributed by atoms with van der Waals surface area (Å²) in [6.45, 7) is 8.42. The van der Waals surface area contributed by atoms with Crippen LogP contribution in [0.3, 0.4) is 0 Å². The third kappa shape index (κ3) is 5.43. The van der Waals surface area contributed by atoms with E-state index >= 15 is 0 Å². The zero-order valence-corrected chi connectivity index (χ0v) is 16.1. The summed E-state index contributed by atoms with van der Waals surface area (Å²) in [4.78, 5) is 25.3. The summed E-state index contributed by atoms with van der Waals surface area (Å²) < 4.78 is 0. The van der Waals surface area contributed by atoms with Gasteiger partial charge in [-0.25, -0.2) is 0 Å². The molecule has 0 spiro atoms. The largest absolute Gasteiger partial charge is 0.347 e. The predicted octanol–water partition coefficient (Wildman–Crippen LogP) is 4.29. The molecule has 5 heteroatoms. The molecule has 0 aliphatic heterocycles. The first-order chi connectivity index (χ1) is 11.9. The van der Waals surface area contributed by atoms with Gasteiger partial charge < -0.3 is 10.6 Å². The highest BCUT2D eigenvalue weighted by molar-refractivity contribution is 7.10. The molecule has 1 aromatic carbocycles. The molecule has 0 saturated heterocycles. The van der Waals surface area contributed by atoms with Gasteiger partial charge in [0.2, 0.25) is 11.8 Å². The number of carbonyl (C=O) groups is 2. The zero-order chi connectivity index (χ0) is 18.4. The van der Waals surface area contributed by atoms with Crippen molar-refractivity contribution in [3.63, 3.8) is 0 Å². The third-order valence-corrected chi connectivity index (χ3v) is 4.87. The van der Waals surface area contributed by atoms with Gasteiger partial charge in [0.15, 0.2) is 0 Å². The molecule has 0 radical (unpaired) electrons. The molecule has 2 amide bonds. The Labute approximate surface area is 153 Å². The molecule has 4 nitrogen and oxygen atoms in total. The number of anilines is 1. The standard InChI is InChI=1S/C20H26N2O2S/c1-13(2)16-8-5-9-17(14(3)4)20(16)22-19(24)12-21-18(23)11-15-7-6-10-25-15/h5-10,13-14H,11-12H2,1-4H3,(H,21,23)(H,22,24). The fourth-order valence-electron chi connectivity index (χ4n) is 2.69. The maximum atomic E-state index is 12.3. The van der Waals surface area contributed by atoms with E-state index in [9.17, 15) is 9.59 Å². The first kappa shape index (κ1) is 19.2. The van der Waals surface area contributed by atoms with Crippen LogP contribution in [-0.2, 0) is 16.0 Å². The van der Waals surface area contributed by atoms with Gasteiger partial charge in [-0.2, -0.15) is 0 Å². The predicted molar refractivity (Wildman–Crippen MR) is 104 cm³/mol. The lowest BCUT2D eigenvalue weighted by Gasteiger charge is -2.20. The van der Waals surface area contributed by atoms with Crippen LogP contribution < -0.4 is 10.6 Å². The second kappa shape index (κ2) is 8.81. The molecule has 0 fully saturated rings. The van der Waals surface area contributed by atoms with Crippen molar-refractivity contribution in [1.29, 1.82) is 0 Å². The first-order valence-electron chi connectivity index (χ1n) is 8.60. The third-order valence-electron chi connectivity index (χ3n) is 4.00. The van der Waals surface area contributed by atoms with Crippen LogP contribution in [0.4, 0.5) is 5.69 Å². The van der Waals surface area contributed by atoms with Crippen LogP contribution in [0.15, 0.2) is 35.7 Å². The molecular formula is C20H26N2O2S. The van der Waals surface area contributed by atoms with Gasteiger partial charge in [-0.15, -0.1) is 11.3 Å². The average Bonchev–Trinajstić information content (AvgIpc) is 3.05. The maximum Gasteiger partial charge on any atom is 0.243 e. The van der Waals surface area contributed by atoms with Gasteiger partial charge in [0, 0.05) is 10.6 Å². The van der Waals surface area contributed by atoms with E-state index in [0.717, 1.165) is 21.7 Å². The molecule has 25 heavy (non-hydrogen) atoms. The first-order valence-corrected chi connectivity index (χ1v) is 9.48. The van der Waals surface area contributed by atoms with E-state index in [1.54, 1.807) is 0 Å². The highest BCUT2D eigenvalue weighted by Crippen LogP contribution is 2.32. The van der Waals surface area contributed by atoms with Crippen molar-refractivity contribution in [3.8, 4) is 0 Å². The number of para-hydroxylation sites is 1. The second-order valence-corrected chi connectivity index (χ2v) is 7.73. The van der Waals surface area contributed by atoms with Crippen molar-refractivity contribution in [2.75, 3.05) is 11.9 Å². The summed E-state index contributed by atoms with van der Waals surface area (Å²) in [6, 6.07) is 9.95. The number of thiophene rings is 1. The smallest absolute Gasteiger partial charge is 0.243 e. The van der Waals surface area contributed by atoms with Crippen molar-refractivity contribution >= 4 is 28.8 Å². The van der Waals surface area contributed by atoms with Crippen molar-refractivity contribution < 1.29 is 9.59 Å². The number of carbonyl (C=O) groups excluding carboxylic acids is 2. The fraction of sp³-hybridized carbons (Fsp3) is 0.400. The Morgan fingerprint density at radius 3 is 2.12 bits per heavy atom. The fourth-order valence-corrected chi connectivity index (χ4v) is 3.40. The minimum Gasteiger partial charge on any atom is -0.347 e. The number of rotatable bonds is 7. The van der Waals surface area contributed by atoms with Crippen molar-refractivity contribution in [2.45, 2.75) is 46.0 Å². The van der Waals surface area contributed by atoms with Gasteiger partial charge in [0.25, 0.3) is 0 Å². The molecule has 2 aromatic rings. The Kier molecular flexibility index (Phi) is 6.76. The van der Waals surface area contributed by atoms with Crippen LogP contribution in [0.2, 0.25) is 0 Å². The molecule has 2 rings (SSSR count). The Bertz CT molecular complexity index is 695. The molecular weight excluding hydrogens is 332 g/mol. The minimum atomic E-state index is -0.200.